The molecule has 0 saturated heterocycles. The number of hydrogen-bond acceptors (Lipinski definition) is 2. The maximum atomic E-state index is 12.5. The maximum absolute atomic E-state index is 12.5. The third kappa shape index (κ3) is 3.43. The predicted octanol–water partition coefficient (Wildman–Crippen LogP) is 3.02. The van der Waals surface area contributed by atoms with Gasteiger partial charge in [-0.05, 0) is 23.5 Å². The van der Waals surface area contributed by atoms with Gasteiger partial charge in [0.2, 0.25) is 5.91 Å². The van der Waals surface area contributed by atoms with Crippen LogP contribution in [0.25, 0.3) is 0 Å². The van der Waals surface area contributed by atoms with Crippen LogP contribution in [0.2, 0.25) is 0 Å². The smallest absolute Gasteiger partial charge is 0.331 e. The Bertz CT molecular complexity index is 527. The second-order valence-electron chi connectivity index (χ2n) is 5.87. The summed E-state index contributed by atoms with van der Waals surface area (Å²) in [6.45, 7) is 4.64. The van der Waals surface area contributed by atoms with Gasteiger partial charge in [-0.3, -0.25) is 4.79 Å². The highest BCUT2D eigenvalue weighted by Gasteiger charge is 2.35. The highest BCUT2D eigenvalue weighted by molar-refractivity contribution is 5.85. The van der Waals surface area contributed by atoms with Gasteiger partial charge in [0.25, 0.3) is 0 Å². The Balaban J connectivity index is 2.20. The number of benzene rings is 1. The molecule has 4 nitrogen and oxygen atoms in total. The van der Waals surface area contributed by atoms with Gasteiger partial charge in [-0.15, -0.1) is 0 Å². The fourth-order valence-electron chi connectivity index (χ4n) is 3.11. The first kappa shape index (κ1) is 15.5. The topological polar surface area (TPSA) is 57.6 Å². The van der Waals surface area contributed by atoms with Crippen molar-refractivity contribution in [2.45, 2.75) is 45.6 Å². The molecule has 21 heavy (non-hydrogen) atoms. The van der Waals surface area contributed by atoms with Crippen molar-refractivity contribution >= 4 is 11.9 Å². The number of aliphatic carboxylic acids is 1. The zero-order valence-electron chi connectivity index (χ0n) is 12.7. The molecule has 0 bridgehead atoms. The van der Waals surface area contributed by atoms with E-state index in [-0.39, 0.29) is 5.91 Å². The third-order valence-corrected chi connectivity index (χ3v) is 4.14. The lowest BCUT2D eigenvalue weighted by molar-refractivity contribution is -0.151. The maximum Gasteiger partial charge on any atom is 0.331 e. The van der Waals surface area contributed by atoms with Gasteiger partial charge in [0, 0.05) is 13.0 Å². The van der Waals surface area contributed by atoms with Crippen molar-refractivity contribution in [2.24, 2.45) is 5.92 Å². The lowest BCUT2D eigenvalue weighted by Crippen LogP contribution is -2.43. The second-order valence-corrected chi connectivity index (χ2v) is 5.87. The summed E-state index contributed by atoms with van der Waals surface area (Å²) in [4.78, 5) is 25.7. The SMILES string of the molecule is CCCC(C)CC(=O)N1CCc2ccccc2C1C(=O)O. The molecule has 2 unspecified atom stereocenters. The number of carboxylic acids is 1. The van der Waals surface area contributed by atoms with Crippen molar-refractivity contribution in [3.8, 4) is 0 Å². The molecule has 1 aliphatic heterocycles. The molecule has 1 aliphatic rings. The lowest BCUT2D eigenvalue weighted by atomic mass is 9.91. The number of fused-ring (bicyclic) bond motifs is 1. The summed E-state index contributed by atoms with van der Waals surface area (Å²) < 4.78 is 0. The predicted molar refractivity (Wildman–Crippen MR) is 80.9 cm³/mol. The van der Waals surface area contributed by atoms with E-state index in [0.29, 0.717) is 18.9 Å². The van der Waals surface area contributed by atoms with E-state index in [1.807, 2.05) is 24.3 Å². The minimum absolute atomic E-state index is 0.0437. The Hall–Kier alpha value is -1.84. The van der Waals surface area contributed by atoms with Crippen LogP contribution in [0.4, 0.5) is 0 Å². The number of hydrogen-bond donors (Lipinski definition) is 1. The van der Waals surface area contributed by atoms with Crippen LogP contribution in [0.1, 0.15) is 50.3 Å². The summed E-state index contributed by atoms with van der Waals surface area (Å²) in [5.74, 6) is -0.689. The van der Waals surface area contributed by atoms with Crippen LogP contribution in [0.3, 0.4) is 0 Å². The summed E-state index contributed by atoms with van der Waals surface area (Å²) in [5, 5.41) is 9.55. The Morgan fingerprint density at radius 1 is 1.38 bits per heavy atom. The molecule has 2 atom stereocenters. The molecular weight excluding hydrogens is 266 g/mol. The van der Waals surface area contributed by atoms with E-state index in [4.69, 9.17) is 0 Å². The first-order valence-corrected chi connectivity index (χ1v) is 7.64. The number of rotatable bonds is 5. The lowest BCUT2D eigenvalue weighted by Gasteiger charge is -2.35. The fraction of sp³-hybridized carbons (Fsp3) is 0.529. The van der Waals surface area contributed by atoms with Crippen LogP contribution in [0.5, 0.6) is 0 Å². The summed E-state index contributed by atoms with van der Waals surface area (Å²) in [6, 6.07) is 6.69. The molecule has 1 aromatic rings. The number of nitrogens with zero attached hydrogens (tertiary/aromatic N) is 1. The molecular formula is C17H23NO3. The van der Waals surface area contributed by atoms with Gasteiger partial charge >= 0.3 is 5.97 Å². The van der Waals surface area contributed by atoms with E-state index in [2.05, 4.69) is 13.8 Å². The van der Waals surface area contributed by atoms with E-state index in [1.54, 1.807) is 0 Å². The fourth-order valence-corrected chi connectivity index (χ4v) is 3.11. The van der Waals surface area contributed by atoms with Crippen LogP contribution in [0, 0.1) is 5.92 Å². The van der Waals surface area contributed by atoms with Gasteiger partial charge in [0.05, 0.1) is 0 Å². The monoisotopic (exact) mass is 289 g/mol. The standard InChI is InChI=1S/C17H23NO3/c1-3-6-12(2)11-15(19)18-10-9-13-7-4-5-8-14(13)16(18)17(20)21/h4-5,7-8,12,16H,3,6,9-11H2,1-2H3,(H,20,21). The van der Waals surface area contributed by atoms with Crippen LogP contribution >= 0.6 is 0 Å². The average Bonchev–Trinajstić information content (AvgIpc) is 2.45. The Kier molecular flexibility index (Phi) is 4.99. The molecule has 0 saturated carbocycles. The Labute approximate surface area is 125 Å². The molecule has 1 aromatic carbocycles. The van der Waals surface area contributed by atoms with Crippen LogP contribution < -0.4 is 0 Å². The molecule has 0 aliphatic carbocycles. The first-order chi connectivity index (χ1) is 10.0. The molecule has 0 radical (unpaired) electrons. The molecule has 114 valence electrons. The summed E-state index contributed by atoms with van der Waals surface area (Å²) in [5.41, 5.74) is 1.79. The first-order valence-electron chi connectivity index (χ1n) is 7.64. The van der Waals surface area contributed by atoms with E-state index in [9.17, 15) is 14.7 Å². The van der Waals surface area contributed by atoms with Gasteiger partial charge in [-0.25, -0.2) is 4.79 Å². The molecule has 0 fully saturated rings. The highest BCUT2D eigenvalue weighted by atomic mass is 16.4. The van der Waals surface area contributed by atoms with Gasteiger partial charge in [-0.1, -0.05) is 51.0 Å². The van der Waals surface area contributed by atoms with Crippen LogP contribution in [0.15, 0.2) is 24.3 Å². The third-order valence-electron chi connectivity index (χ3n) is 4.14. The summed E-state index contributed by atoms with van der Waals surface area (Å²) in [7, 11) is 0. The largest absolute Gasteiger partial charge is 0.479 e. The van der Waals surface area contributed by atoms with E-state index >= 15 is 0 Å². The number of carbonyl (C=O) groups excluding carboxylic acids is 1. The highest BCUT2D eigenvalue weighted by Crippen LogP contribution is 2.31. The summed E-state index contributed by atoms with van der Waals surface area (Å²) in [6.07, 6.45) is 3.20. The zero-order valence-corrected chi connectivity index (χ0v) is 12.7. The molecule has 0 spiro atoms. The van der Waals surface area contributed by atoms with E-state index in [1.165, 1.54) is 4.90 Å². The van der Waals surface area contributed by atoms with Crippen molar-refractivity contribution < 1.29 is 14.7 Å². The number of carbonyl (C=O) groups is 2. The van der Waals surface area contributed by atoms with Crippen molar-refractivity contribution in [1.29, 1.82) is 0 Å². The summed E-state index contributed by atoms with van der Waals surface area (Å²) >= 11 is 0. The van der Waals surface area contributed by atoms with E-state index < -0.39 is 12.0 Å². The second kappa shape index (κ2) is 6.74. The number of amides is 1. The van der Waals surface area contributed by atoms with Gasteiger partial charge < -0.3 is 10.0 Å². The van der Waals surface area contributed by atoms with Gasteiger partial charge in [0.15, 0.2) is 6.04 Å². The number of carboxylic acid groups (broad SMARTS) is 1. The van der Waals surface area contributed by atoms with Crippen molar-refractivity contribution in [2.75, 3.05) is 6.54 Å². The molecule has 4 heteroatoms. The molecule has 2 rings (SSSR count). The quantitative estimate of drug-likeness (QED) is 0.906. The molecule has 1 heterocycles. The normalized spacial score (nSPS) is 19.0. The minimum atomic E-state index is -0.946. The van der Waals surface area contributed by atoms with E-state index in [0.717, 1.165) is 30.4 Å². The van der Waals surface area contributed by atoms with Crippen molar-refractivity contribution in [3.05, 3.63) is 35.4 Å². The molecule has 1 amide bonds. The van der Waals surface area contributed by atoms with Crippen LogP contribution in [-0.4, -0.2) is 28.4 Å². The van der Waals surface area contributed by atoms with Gasteiger partial charge in [0.1, 0.15) is 0 Å². The minimum Gasteiger partial charge on any atom is -0.479 e. The average molecular weight is 289 g/mol. The molecule has 0 aromatic heterocycles. The molecule has 1 N–H and O–H groups in total. The van der Waals surface area contributed by atoms with Crippen LogP contribution in [-0.2, 0) is 16.0 Å². The van der Waals surface area contributed by atoms with Crippen molar-refractivity contribution in [3.63, 3.8) is 0 Å². The van der Waals surface area contributed by atoms with Crippen molar-refractivity contribution in [1.82, 2.24) is 4.90 Å². The Morgan fingerprint density at radius 3 is 2.76 bits per heavy atom. The van der Waals surface area contributed by atoms with Gasteiger partial charge in [-0.2, -0.15) is 0 Å². The Morgan fingerprint density at radius 2 is 2.10 bits per heavy atom. The zero-order chi connectivity index (χ0) is 15.4.